The van der Waals surface area contributed by atoms with Crippen LogP contribution in [0.1, 0.15) is 18.1 Å². The molecule has 1 unspecified atom stereocenters. The monoisotopic (exact) mass is 513 g/mol. The van der Waals surface area contributed by atoms with Crippen LogP contribution in [-0.2, 0) is 26.2 Å². The van der Waals surface area contributed by atoms with Crippen LogP contribution < -0.4 is 9.62 Å². The average Bonchev–Trinajstić information content (AvgIpc) is 2.86. The highest BCUT2D eigenvalue weighted by Gasteiger charge is 2.32. The molecule has 0 fully saturated rings. The fraction of sp³-hybridized carbons (Fsp3) is 0.231. The van der Waals surface area contributed by atoms with E-state index in [2.05, 4.69) is 5.32 Å². The first-order valence-corrected chi connectivity index (χ1v) is 12.9. The Labute approximate surface area is 211 Å². The van der Waals surface area contributed by atoms with Crippen molar-refractivity contribution in [2.75, 3.05) is 17.9 Å². The van der Waals surface area contributed by atoms with Gasteiger partial charge in [-0.05, 0) is 49.7 Å². The van der Waals surface area contributed by atoms with Crippen LogP contribution in [0.25, 0.3) is 0 Å². The molecule has 0 bridgehead atoms. The van der Waals surface area contributed by atoms with Gasteiger partial charge in [-0.3, -0.25) is 13.9 Å². The maximum absolute atomic E-state index is 13.6. The molecule has 0 saturated carbocycles. The van der Waals surface area contributed by atoms with Crippen molar-refractivity contribution >= 4 is 39.1 Å². The minimum atomic E-state index is -4.07. The number of sulfonamides is 1. The van der Waals surface area contributed by atoms with Crippen molar-refractivity contribution in [2.24, 2.45) is 0 Å². The van der Waals surface area contributed by atoms with E-state index in [1.165, 1.54) is 24.1 Å². The second kappa shape index (κ2) is 11.4. The Hall–Kier alpha value is -3.36. The van der Waals surface area contributed by atoms with Crippen molar-refractivity contribution in [3.05, 3.63) is 95.0 Å². The molecule has 0 radical (unpaired) electrons. The van der Waals surface area contributed by atoms with Crippen LogP contribution in [0.4, 0.5) is 5.69 Å². The topological polar surface area (TPSA) is 86.8 Å². The summed E-state index contributed by atoms with van der Waals surface area (Å²) in [5.74, 6) is -0.917. The van der Waals surface area contributed by atoms with Crippen molar-refractivity contribution in [1.82, 2.24) is 10.2 Å². The Bertz CT molecular complexity index is 1280. The van der Waals surface area contributed by atoms with Crippen molar-refractivity contribution in [3.8, 4) is 0 Å². The van der Waals surface area contributed by atoms with Gasteiger partial charge in [0.1, 0.15) is 12.6 Å². The number of nitrogens with one attached hydrogen (secondary N) is 1. The third-order valence-electron chi connectivity index (χ3n) is 5.64. The van der Waals surface area contributed by atoms with E-state index >= 15 is 0 Å². The lowest BCUT2D eigenvalue weighted by molar-refractivity contribution is -0.139. The lowest BCUT2D eigenvalue weighted by atomic mass is 10.1. The first-order chi connectivity index (χ1) is 16.6. The highest BCUT2D eigenvalue weighted by atomic mass is 35.5. The number of aryl methyl sites for hydroxylation is 1. The second-order valence-electron chi connectivity index (χ2n) is 8.06. The van der Waals surface area contributed by atoms with Crippen molar-refractivity contribution < 1.29 is 18.0 Å². The molecule has 0 heterocycles. The number of anilines is 1. The molecule has 0 aromatic heterocycles. The van der Waals surface area contributed by atoms with E-state index in [1.807, 2.05) is 6.92 Å². The summed E-state index contributed by atoms with van der Waals surface area (Å²) >= 11 is 6.32. The Balaban J connectivity index is 2.02. The second-order valence-corrected chi connectivity index (χ2v) is 10.3. The number of hydrogen-bond donors (Lipinski definition) is 1. The number of carbonyl (C=O) groups excluding carboxylic acids is 2. The van der Waals surface area contributed by atoms with Crippen molar-refractivity contribution in [2.45, 2.75) is 31.3 Å². The van der Waals surface area contributed by atoms with Gasteiger partial charge in [0.2, 0.25) is 11.8 Å². The summed E-state index contributed by atoms with van der Waals surface area (Å²) < 4.78 is 28.3. The maximum Gasteiger partial charge on any atom is 0.264 e. The maximum atomic E-state index is 13.6. The van der Waals surface area contributed by atoms with Crippen LogP contribution >= 0.6 is 11.6 Å². The normalized spacial score (nSPS) is 12.0. The Kier molecular flexibility index (Phi) is 8.53. The molecule has 0 saturated heterocycles. The van der Waals surface area contributed by atoms with E-state index in [4.69, 9.17) is 11.6 Å². The predicted octanol–water partition coefficient (Wildman–Crippen LogP) is 4.01. The summed E-state index contributed by atoms with van der Waals surface area (Å²) in [6.07, 6.45) is 0. The number of nitrogens with zero attached hydrogens (tertiary/aromatic N) is 2. The van der Waals surface area contributed by atoms with Gasteiger partial charge >= 0.3 is 0 Å². The molecule has 7 nitrogen and oxygen atoms in total. The number of likely N-dealkylation sites (N-methyl/N-ethyl adjacent to an activating group) is 1. The molecule has 3 aromatic rings. The van der Waals surface area contributed by atoms with Gasteiger partial charge in [-0.25, -0.2) is 8.42 Å². The predicted molar refractivity (Wildman–Crippen MR) is 138 cm³/mol. The molecule has 0 aliphatic heterocycles. The van der Waals surface area contributed by atoms with Crippen LogP contribution in [0, 0.1) is 6.92 Å². The number of halogens is 1. The molecule has 9 heteroatoms. The van der Waals surface area contributed by atoms with Gasteiger partial charge in [0.25, 0.3) is 10.0 Å². The van der Waals surface area contributed by atoms with E-state index < -0.39 is 28.5 Å². The summed E-state index contributed by atoms with van der Waals surface area (Å²) in [4.78, 5) is 27.5. The van der Waals surface area contributed by atoms with Gasteiger partial charge in [-0.2, -0.15) is 0 Å². The average molecular weight is 514 g/mol. The third-order valence-corrected chi connectivity index (χ3v) is 7.80. The molecular weight excluding hydrogens is 486 g/mol. The molecule has 2 amide bonds. The molecular formula is C26H28ClN3O4S. The van der Waals surface area contributed by atoms with E-state index in [-0.39, 0.29) is 17.3 Å². The standard InChI is InChI=1S/C26H28ClN3O4S/c1-19-13-15-22(16-14-19)30(35(33,34)23-10-5-4-6-11-23)18-25(31)29(20(2)26(32)28-3)17-21-9-7-8-12-24(21)27/h4-16,20H,17-18H2,1-3H3,(H,28,32). The largest absolute Gasteiger partial charge is 0.357 e. The van der Waals surface area contributed by atoms with Gasteiger partial charge in [-0.15, -0.1) is 0 Å². The fourth-order valence-electron chi connectivity index (χ4n) is 3.56. The van der Waals surface area contributed by atoms with Crippen LogP contribution in [0.3, 0.4) is 0 Å². The third kappa shape index (κ3) is 6.21. The quantitative estimate of drug-likeness (QED) is 0.468. The zero-order chi connectivity index (χ0) is 25.6. The van der Waals surface area contributed by atoms with Crippen molar-refractivity contribution in [1.29, 1.82) is 0 Å². The molecule has 0 aliphatic rings. The highest BCUT2D eigenvalue weighted by Crippen LogP contribution is 2.25. The Morgan fingerprint density at radius 1 is 0.943 bits per heavy atom. The lowest BCUT2D eigenvalue weighted by Crippen LogP contribution is -2.50. The van der Waals surface area contributed by atoms with Gasteiger partial charge in [-0.1, -0.05) is 65.7 Å². The van der Waals surface area contributed by atoms with E-state index in [9.17, 15) is 18.0 Å². The minimum absolute atomic E-state index is 0.0419. The summed E-state index contributed by atoms with van der Waals surface area (Å²) in [7, 11) is -2.59. The fourth-order valence-corrected chi connectivity index (χ4v) is 5.19. The minimum Gasteiger partial charge on any atom is -0.357 e. The first-order valence-electron chi connectivity index (χ1n) is 11.0. The van der Waals surface area contributed by atoms with Gasteiger partial charge in [0, 0.05) is 18.6 Å². The smallest absolute Gasteiger partial charge is 0.264 e. The van der Waals surface area contributed by atoms with Crippen LogP contribution in [0.15, 0.2) is 83.8 Å². The number of amides is 2. The Morgan fingerprint density at radius 3 is 2.14 bits per heavy atom. The molecule has 1 N–H and O–H groups in total. The SMILES string of the molecule is CNC(=O)C(C)N(Cc1ccccc1Cl)C(=O)CN(c1ccc(C)cc1)S(=O)(=O)c1ccccc1. The van der Waals surface area contributed by atoms with Crippen molar-refractivity contribution in [3.63, 3.8) is 0 Å². The number of carbonyl (C=O) groups is 2. The zero-order valence-corrected chi connectivity index (χ0v) is 21.4. The summed E-state index contributed by atoms with van der Waals surface area (Å²) in [6.45, 7) is 3.03. The van der Waals surface area contributed by atoms with Crippen LogP contribution in [0.5, 0.6) is 0 Å². The van der Waals surface area contributed by atoms with Gasteiger partial charge < -0.3 is 10.2 Å². The van der Waals surface area contributed by atoms with E-state index in [1.54, 1.807) is 73.7 Å². The highest BCUT2D eigenvalue weighted by molar-refractivity contribution is 7.92. The van der Waals surface area contributed by atoms with E-state index in [0.717, 1.165) is 9.87 Å². The zero-order valence-electron chi connectivity index (χ0n) is 19.8. The number of benzene rings is 3. The number of rotatable bonds is 9. The van der Waals surface area contributed by atoms with E-state index in [0.29, 0.717) is 16.3 Å². The molecule has 0 aliphatic carbocycles. The number of hydrogen-bond acceptors (Lipinski definition) is 4. The molecule has 3 rings (SSSR count). The molecule has 3 aromatic carbocycles. The molecule has 35 heavy (non-hydrogen) atoms. The van der Waals surface area contributed by atoms with Gasteiger partial charge in [0.05, 0.1) is 10.6 Å². The van der Waals surface area contributed by atoms with Gasteiger partial charge in [0.15, 0.2) is 0 Å². The Morgan fingerprint density at radius 2 is 1.54 bits per heavy atom. The summed E-state index contributed by atoms with van der Waals surface area (Å²) in [5.41, 5.74) is 1.94. The molecule has 184 valence electrons. The van der Waals surface area contributed by atoms with Crippen LogP contribution in [0.2, 0.25) is 5.02 Å². The molecule has 0 spiro atoms. The molecule has 1 atom stereocenters. The summed E-state index contributed by atoms with van der Waals surface area (Å²) in [6, 6.07) is 21.0. The summed E-state index contributed by atoms with van der Waals surface area (Å²) in [5, 5.41) is 3.00. The van der Waals surface area contributed by atoms with Crippen LogP contribution in [-0.4, -0.2) is 44.8 Å². The first kappa shape index (κ1) is 26.2. The lowest BCUT2D eigenvalue weighted by Gasteiger charge is -2.32.